The molecular weight excluding hydrogens is 290 g/mol. The SMILES string of the molecule is N=NC(=N)c1ccccc1-c1ccc(CBr)cc1. The summed E-state index contributed by atoms with van der Waals surface area (Å²) in [5.41, 5.74) is 10.8. The first kappa shape index (κ1) is 12.6. The molecule has 0 fully saturated rings. The highest BCUT2D eigenvalue weighted by atomic mass is 79.9. The van der Waals surface area contributed by atoms with Crippen LogP contribution in [0.4, 0.5) is 0 Å². The molecule has 0 bridgehead atoms. The molecule has 0 spiro atoms. The Hall–Kier alpha value is -1.81. The van der Waals surface area contributed by atoms with Crippen LogP contribution >= 0.6 is 15.9 Å². The number of halogens is 1. The number of alkyl halides is 1. The first-order valence-electron chi connectivity index (χ1n) is 5.47. The molecule has 0 aliphatic rings. The number of rotatable bonds is 3. The second-order valence-corrected chi connectivity index (χ2v) is 4.40. The summed E-state index contributed by atoms with van der Waals surface area (Å²) >= 11 is 3.41. The smallest absolute Gasteiger partial charge is 0.174 e. The largest absolute Gasteiger partial charge is 0.281 e. The number of hydrogen-bond acceptors (Lipinski definition) is 2. The molecule has 0 aromatic heterocycles. The van der Waals surface area contributed by atoms with Gasteiger partial charge < -0.3 is 0 Å². The van der Waals surface area contributed by atoms with Crippen LogP contribution in [-0.2, 0) is 5.33 Å². The molecule has 0 saturated carbocycles. The van der Waals surface area contributed by atoms with E-state index in [4.69, 9.17) is 10.9 Å². The third-order valence-corrected chi connectivity index (χ3v) is 3.36. The summed E-state index contributed by atoms with van der Waals surface area (Å²) in [6, 6.07) is 15.7. The first-order valence-corrected chi connectivity index (χ1v) is 6.59. The molecule has 0 radical (unpaired) electrons. The Balaban J connectivity index is 2.49. The first-order chi connectivity index (χ1) is 8.76. The zero-order valence-corrected chi connectivity index (χ0v) is 11.2. The van der Waals surface area contributed by atoms with Crippen LogP contribution in [0.25, 0.3) is 11.1 Å². The molecule has 3 nitrogen and oxygen atoms in total. The van der Waals surface area contributed by atoms with Crippen molar-refractivity contribution in [3.63, 3.8) is 0 Å². The number of amidine groups is 1. The molecule has 2 rings (SSSR count). The average molecular weight is 302 g/mol. The Morgan fingerprint density at radius 1 is 1.06 bits per heavy atom. The Labute approximate surface area is 114 Å². The summed E-state index contributed by atoms with van der Waals surface area (Å²) in [6.45, 7) is 0. The van der Waals surface area contributed by atoms with Gasteiger partial charge in [0.2, 0.25) is 0 Å². The monoisotopic (exact) mass is 301 g/mol. The predicted molar refractivity (Wildman–Crippen MR) is 76.5 cm³/mol. The van der Waals surface area contributed by atoms with Gasteiger partial charge in [0.25, 0.3) is 0 Å². The van der Waals surface area contributed by atoms with E-state index in [1.807, 2.05) is 48.5 Å². The van der Waals surface area contributed by atoms with Gasteiger partial charge in [0.1, 0.15) is 0 Å². The highest BCUT2D eigenvalue weighted by Gasteiger charge is 2.08. The Morgan fingerprint density at radius 3 is 2.33 bits per heavy atom. The minimum atomic E-state index is -0.0184. The van der Waals surface area contributed by atoms with Crippen molar-refractivity contribution < 1.29 is 0 Å². The van der Waals surface area contributed by atoms with Crippen molar-refractivity contribution in [3.05, 3.63) is 59.7 Å². The second kappa shape index (κ2) is 5.69. The third-order valence-electron chi connectivity index (χ3n) is 2.71. The zero-order chi connectivity index (χ0) is 13.0. The molecular formula is C14H12BrN3. The van der Waals surface area contributed by atoms with Gasteiger partial charge in [-0.05, 0) is 16.7 Å². The quantitative estimate of drug-likeness (QED) is 0.360. The van der Waals surface area contributed by atoms with Gasteiger partial charge in [0, 0.05) is 10.9 Å². The molecule has 18 heavy (non-hydrogen) atoms. The summed E-state index contributed by atoms with van der Waals surface area (Å²) in [6.07, 6.45) is 0. The summed E-state index contributed by atoms with van der Waals surface area (Å²) in [7, 11) is 0. The van der Waals surface area contributed by atoms with E-state index in [1.165, 1.54) is 5.56 Å². The van der Waals surface area contributed by atoms with Crippen molar-refractivity contribution in [1.82, 2.24) is 0 Å². The van der Waals surface area contributed by atoms with Crippen LogP contribution in [0.3, 0.4) is 0 Å². The molecule has 0 heterocycles. The van der Waals surface area contributed by atoms with Gasteiger partial charge in [-0.25, -0.2) is 5.53 Å². The maximum atomic E-state index is 7.69. The minimum absolute atomic E-state index is 0.0184. The van der Waals surface area contributed by atoms with E-state index < -0.39 is 0 Å². The summed E-state index contributed by atoms with van der Waals surface area (Å²) in [5.74, 6) is -0.0184. The molecule has 0 saturated heterocycles. The van der Waals surface area contributed by atoms with E-state index in [0.29, 0.717) is 5.56 Å². The fourth-order valence-corrected chi connectivity index (χ4v) is 2.15. The van der Waals surface area contributed by atoms with E-state index in [9.17, 15) is 0 Å². The molecule has 2 aromatic carbocycles. The van der Waals surface area contributed by atoms with Gasteiger partial charge >= 0.3 is 0 Å². The van der Waals surface area contributed by atoms with E-state index in [1.54, 1.807) is 0 Å². The molecule has 0 amide bonds. The van der Waals surface area contributed by atoms with E-state index in [0.717, 1.165) is 16.5 Å². The lowest BCUT2D eigenvalue weighted by atomic mass is 9.98. The third kappa shape index (κ3) is 2.54. The highest BCUT2D eigenvalue weighted by molar-refractivity contribution is 9.08. The molecule has 0 aliphatic carbocycles. The van der Waals surface area contributed by atoms with E-state index in [2.05, 4.69) is 21.0 Å². The van der Waals surface area contributed by atoms with Crippen molar-refractivity contribution in [1.29, 1.82) is 10.9 Å². The van der Waals surface area contributed by atoms with Crippen LogP contribution < -0.4 is 0 Å². The lowest BCUT2D eigenvalue weighted by molar-refractivity contribution is 1.16. The Kier molecular flexibility index (Phi) is 3.99. The van der Waals surface area contributed by atoms with Gasteiger partial charge in [-0.1, -0.05) is 64.5 Å². The Bertz CT molecular complexity index is 576. The molecule has 90 valence electrons. The van der Waals surface area contributed by atoms with Crippen LogP contribution in [0, 0.1) is 10.9 Å². The van der Waals surface area contributed by atoms with Crippen molar-refractivity contribution in [3.8, 4) is 11.1 Å². The maximum Gasteiger partial charge on any atom is 0.174 e. The maximum absolute atomic E-state index is 7.69. The summed E-state index contributed by atoms with van der Waals surface area (Å²) < 4.78 is 0. The summed E-state index contributed by atoms with van der Waals surface area (Å²) in [5, 5.41) is 11.7. The van der Waals surface area contributed by atoms with Crippen molar-refractivity contribution in [2.75, 3.05) is 0 Å². The lowest BCUT2D eigenvalue weighted by Crippen LogP contribution is -1.96. The lowest BCUT2D eigenvalue weighted by Gasteiger charge is -2.08. The molecule has 2 N–H and O–H groups in total. The number of nitrogens with zero attached hydrogens (tertiary/aromatic N) is 1. The normalized spacial score (nSPS) is 10.1. The summed E-state index contributed by atoms with van der Waals surface area (Å²) in [4.78, 5) is 0. The van der Waals surface area contributed by atoms with Crippen molar-refractivity contribution >= 4 is 21.8 Å². The second-order valence-electron chi connectivity index (χ2n) is 3.84. The molecule has 4 heteroatoms. The number of hydrogen-bond donors (Lipinski definition) is 2. The number of benzene rings is 2. The van der Waals surface area contributed by atoms with Crippen LogP contribution in [-0.4, -0.2) is 5.84 Å². The van der Waals surface area contributed by atoms with Crippen molar-refractivity contribution in [2.45, 2.75) is 5.33 Å². The predicted octanol–water partition coefficient (Wildman–Crippen LogP) is 4.60. The van der Waals surface area contributed by atoms with Crippen LogP contribution in [0.2, 0.25) is 0 Å². The highest BCUT2D eigenvalue weighted by Crippen LogP contribution is 2.25. The van der Waals surface area contributed by atoms with Gasteiger partial charge in [-0.2, -0.15) is 0 Å². The van der Waals surface area contributed by atoms with E-state index in [-0.39, 0.29) is 5.84 Å². The van der Waals surface area contributed by atoms with Gasteiger partial charge in [-0.15, -0.1) is 5.11 Å². The van der Waals surface area contributed by atoms with Gasteiger partial charge in [0.05, 0.1) is 0 Å². The van der Waals surface area contributed by atoms with Crippen molar-refractivity contribution in [2.24, 2.45) is 5.11 Å². The number of nitrogens with one attached hydrogen (secondary N) is 2. The molecule has 0 unspecified atom stereocenters. The van der Waals surface area contributed by atoms with Crippen LogP contribution in [0.1, 0.15) is 11.1 Å². The fraction of sp³-hybridized carbons (Fsp3) is 0.0714. The molecule has 2 aromatic rings. The minimum Gasteiger partial charge on any atom is -0.281 e. The van der Waals surface area contributed by atoms with Crippen LogP contribution in [0.5, 0.6) is 0 Å². The average Bonchev–Trinajstić information content (AvgIpc) is 2.46. The molecule has 0 atom stereocenters. The van der Waals surface area contributed by atoms with Gasteiger partial charge in [0.15, 0.2) is 5.84 Å². The van der Waals surface area contributed by atoms with Crippen LogP contribution in [0.15, 0.2) is 53.6 Å². The zero-order valence-electron chi connectivity index (χ0n) is 9.65. The van der Waals surface area contributed by atoms with Gasteiger partial charge in [-0.3, -0.25) is 5.41 Å². The standard InChI is InChI=1S/C14H12BrN3/c15-9-10-5-7-11(8-6-10)12-3-1-2-4-13(12)14(16)18-17/h1-8,16-17H,9H2. The topological polar surface area (TPSA) is 60.1 Å². The fourth-order valence-electron chi connectivity index (χ4n) is 1.77. The molecule has 0 aliphatic heterocycles. The Morgan fingerprint density at radius 2 is 1.72 bits per heavy atom. The van der Waals surface area contributed by atoms with E-state index >= 15 is 0 Å².